The standard InChI is InChI=1S/C29H29Cl2F3N4O4/c1-17(9-12-36-27(39)25-21(30)15-35-16-22(25)31)38-13-10-19(11-14-38)26(18-5-7-20(8-6-18)29(32,33)34)42-24-4-2-3-23(37-24)28(40)41/h2-8,15-17,19,26H,9-14H2,1H3,(H,36,39)(H,40,41). The molecule has 224 valence electrons. The lowest BCUT2D eigenvalue weighted by atomic mass is 9.86. The Hall–Kier alpha value is -3.41. The van der Waals surface area contributed by atoms with Crippen molar-refractivity contribution in [3.63, 3.8) is 0 Å². The lowest BCUT2D eigenvalue weighted by Crippen LogP contribution is -2.43. The van der Waals surface area contributed by atoms with E-state index in [1.54, 1.807) is 0 Å². The number of carboxylic acids is 1. The first kappa shape index (κ1) is 31.5. The van der Waals surface area contributed by atoms with Crippen LogP contribution in [0, 0.1) is 5.92 Å². The molecule has 2 atom stereocenters. The minimum Gasteiger partial charge on any atom is -0.477 e. The van der Waals surface area contributed by atoms with Crippen molar-refractivity contribution in [2.75, 3.05) is 19.6 Å². The number of aromatic carboxylic acids is 1. The van der Waals surface area contributed by atoms with E-state index in [9.17, 15) is 27.9 Å². The number of likely N-dealkylation sites (tertiary alicyclic amines) is 1. The Morgan fingerprint density at radius 1 is 1.10 bits per heavy atom. The first-order valence-corrected chi connectivity index (χ1v) is 14.0. The van der Waals surface area contributed by atoms with Crippen LogP contribution < -0.4 is 10.1 Å². The van der Waals surface area contributed by atoms with Gasteiger partial charge in [0.25, 0.3) is 5.91 Å². The maximum atomic E-state index is 13.2. The fourth-order valence-electron chi connectivity index (χ4n) is 4.98. The van der Waals surface area contributed by atoms with Gasteiger partial charge in [0.2, 0.25) is 5.88 Å². The molecular weight excluding hydrogens is 596 g/mol. The summed E-state index contributed by atoms with van der Waals surface area (Å²) >= 11 is 12.1. The first-order chi connectivity index (χ1) is 19.9. The van der Waals surface area contributed by atoms with Gasteiger partial charge < -0.3 is 20.1 Å². The number of carboxylic acid groups (broad SMARTS) is 1. The molecule has 1 aliphatic heterocycles. The topological polar surface area (TPSA) is 105 Å². The van der Waals surface area contributed by atoms with Gasteiger partial charge >= 0.3 is 12.1 Å². The van der Waals surface area contributed by atoms with Crippen molar-refractivity contribution in [2.45, 2.75) is 44.5 Å². The highest BCUT2D eigenvalue weighted by molar-refractivity contribution is 6.39. The Balaban J connectivity index is 1.40. The number of carbonyl (C=O) groups is 2. The van der Waals surface area contributed by atoms with Crippen LogP contribution in [0.15, 0.2) is 54.9 Å². The van der Waals surface area contributed by atoms with Crippen molar-refractivity contribution in [3.8, 4) is 5.88 Å². The molecular formula is C29H29Cl2F3N4O4. The van der Waals surface area contributed by atoms with E-state index in [4.69, 9.17) is 27.9 Å². The van der Waals surface area contributed by atoms with Crippen LogP contribution in [-0.2, 0) is 6.18 Å². The number of ether oxygens (including phenoxy) is 1. The molecule has 0 spiro atoms. The highest BCUT2D eigenvalue weighted by Gasteiger charge is 2.33. The molecule has 13 heteroatoms. The summed E-state index contributed by atoms with van der Waals surface area (Å²) in [7, 11) is 0. The summed E-state index contributed by atoms with van der Waals surface area (Å²) in [6.07, 6.45) is -0.348. The van der Waals surface area contributed by atoms with E-state index in [2.05, 4.69) is 27.1 Å². The third-order valence-corrected chi connectivity index (χ3v) is 7.88. The van der Waals surface area contributed by atoms with Crippen LogP contribution in [0.5, 0.6) is 5.88 Å². The molecule has 0 bridgehead atoms. The lowest BCUT2D eigenvalue weighted by Gasteiger charge is -2.39. The third-order valence-electron chi connectivity index (χ3n) is 7.31. The SMILES string of the molecule is CC(CCNC(=O)c1c(Cl)cncc1Cl)N1CCC(C(Oc2cccc(C(=O)O)n2)c2ccc(C(F)(F)F)cc2)CC1. The van der Waals surface area contributed by atoms with E-state index >= 15 is 0 Å². The number of nitrogens with one attached hydrogen (secondary N) is 1. The summed E-state index contributed by atoms with van der Waals surface area (Å²) in [4.78, 5) is 34.1. The summed E-state index contributed by atoms with van der Waals surface area (Å²) in [5, 5.41) is 12.5. The molecule has 0 radical (unpaired) electrons. The van der Waals surface area contributed by atoms with Gasteiger partial charge in [-0.2, -0.15) is 13.2 Å². The number of hydrogen-bond donors (Lipinski definition) is 2. The number of alkyl halides is 3. The molecule has 4 rings (SSSR count). The number of pyridine rings is 2. The number of aromatic nitrogens is 2. The highest BCUT2D eigenvalue weighted by atomic mass is 35.5. The van der Waals surface area contributed by atoms with Gasteiger partial charge in [-0.15, -0.1) is 0 Å². The summed E-state index contributed by atoms with van der Waals surface area (Å²) in [6.45, 7) is 3.86. The number of piperidine rings is 1. The molecule has 1 aromatic carbocycles. The van der Waals surface area contributed by atoms with Gasteiger partial charge in [-0.3, -0.25) is 9.78 Å². The van der Waals surface area contributed by atoms with Crippen LogP contribution in [0.2, 0.25) is 10.0 Å². The molecule has 2 unspecified atom stereocenters. The van der Waals surface area contributed by atoms with Gasteiger partial charge in [-0.05, 0) is 63.0 Å². The Kier molecular flexibility index (Phi) is 10.3. The van der Waals surface area contributed by atoms with Crippen LogP contribution in [0.1, 0.15) is 64.3 Å². The van der Waals surface area contributed by atoms with Crippen molar-refractivity contribution in [1.29, 1.82) is 0 Å². The number of benzene rings is 1. The molecule has 1 aliphatic rings. The molecule has 8 nitrogen and oxygen atoms in total. The van der Waals surface area contributed by atoms with E-state index < -0.39 is 23.8 Å². The molecule has 0 aliphatic carbocycles. The summed E-state index contributed by atoms with van der Waals surface area (Å²) in [5.74, 6) is -1.57. The van der Waals surface area contributed by atoms with E-state index in [-0.39, 0.29) is 45.0 Å². The van der Waals surface area contributed by atoms with Crippen LogP contribution in [0.4, 0.5) is 13.2 Å². The zero-order valence-electron chi connectivity index (χ0n) is 22.6. The second kappa shape index (κ2) is 13.7. The van der Waals surface area contributed by atoms with Gasteiger partial charge in [-0.1, -0.05) is 41.4 Å². The Bertz CT molecular complexity index is 1380. The maximum Gasteiger partial charge on any atom is 0.416 e. The average Bonchev–Trinajstić information content (AvgIpc) is 2.95. The number of nitrogens with zero attached hydrogens (tertiary/aromatic N) is 3. The molecule has 2 N–H and O–H groups in total. The smallest absolute Gasteiger partial charge is 0.416 e. The normalized spacial score (nSPS) is 16.0. The largest absolute Gasteiger partial charge is 0.477 e. The maximum absolute atomic E-state index is 13.2. The highest BCUT2D eigenvalue weighted by Crippen LogP contribution is 2.37. The van der Waals surface area contributed by atoms with Gasteiger partial charge in [0.1, 0.15) is 6.10 Å². The molecule has 1 saturated heterocycles. The number of hydrogen-bond acceptors (Lipinski definition) is 6. The quantitative estimate of drug-likeness (QED) is 0.264. The second-order valence-electron chi connectivity index (χ2n) is 10.1. The van der Waals surface area contributed by atoms with Gasteiger partial charge in [0.15, 0.2) is 5.69 Å². The molecule has 2 aromatic heterocycles. The van der Waals surface area contributed by atoms with Gasteiger partial charge in [0, 0.05) is 37.0 Å². The van der Waals surface area contributed by atoms with Crippen molar-refractivity contribution in [3.05, 3.63) is 87.3 Å². The first-order valence-electron chi connectivity index (χ1n) is 13.3. The molecule has 42 heavy (non-hydrogen) atoms. The summed E-state index contributed by atoms with van der Waals surface area (Å²) in [6, 6.07) is 9.34. The van der Waals surface area contributed by atoms with Crippen LogP contribution in [0.3, 0.4) is 0 Å². The number of rotatable bonds is 10. The van der Waals surface area contributed by atoms with Gasteiger partial charge in [0.05, 0.1) is 21.2 Å². The second-order valence-corrected chi connectivity index (χ2v) is 10.9. The molecule has 3 aromatic rings. The predicted octanol–water partition coefficient (Wildman–Crippen LogP) is 6.54. The van der Waals surface area contributed by atoms with Crippen molar-refractivity contribution in [2.24, 2.45) is 5.92 Å². The lowest BCUT2D eigenvalue weighted by molar-refractivity contribution is -0.137. The van der Waals surface area contributed by atoms with Gasteiger partial charge in [-0.25, -0.2) is 9.78 Å². The van der Waals surface area contributed by atoms with E-state index in [0.717, 1.165) is 12.1 Å². The van der Waals surface area contributed by atoms with E-state index in [1.807, 2.05) is 0 Å². The summed E-state index contributed by atoms with van der Waals surface area (Å²) in [5.41, 5.74) is -0.226. The van der Waals surface area contributed by atoms with Crippen LogP contribution in [0.25, 0.3) is 0 Å². The Labute approximate surface area is 250 Å². The monoisotopic (exact) mass is 624 g/mol. The fraction of sp³-hybridized carbons (Fsp3) is 0.379. The van der Waals surface area contributed by atoms with Crippen molar-refractivity contribution < 1.29 is 32.6 Å². The number of halogens is 5. The third kappa shape index (κ3) is 7.90. The zero-order chi connectivity index (χ0) is 30.4. The van der Waals surface area contributed by atoms with Crippen molar-refractivity contribution in [1.82, 2.24) is 20.2 Å². The molecule has 3 heterocycles. The average molecular weight is 625 g/mol. The zero-order valence-corrected chi connectivity index (χ0v) is 24.1. The van der Waals surface area contributed by atoms with Crippen LogP contribution >= 0.6 is 23.2 Å². The van der Waals surface area contributed by atoms with E-state index in [1.165, 1.54) is 42.7 Å². The molecule has 1 fully saturated rings. The van der Waals surface area contributed by atoms with Crippen molar-refractivity contribution >= 4 is 35.1 Å². The minimum atomic E-state index is -4.47. The minimum absolute atomic E-state index is 0.0591. The fourth-order valence-corrected chi connectivity index (χ4v) is 5.52. The number of carbonyl (C=O) groups excluding carboxylic acids is 1. The number of amides is 1. The molecule has 1 amide bonds. The summed E-state index contributed by atoms with van der Waals surface area (Å²) < 4.78 is 45.7. The van der Waals surface area contributed by atoms with Crippen LogP contribution in [-0.4, -0.2) is 57.5 Å². The Morgan fingerprint density at radius 2 is 1.74 bits per heavy atom. The molecule has 0 saturated carbocycles. The van der Waals surface area contributed by atoms with E-state index in [0.29, 0.717) is 44.5 Å². The Morgan fingerprint density at radius 3 is 2.33 bits per heavy atom. The predicted molar refractivity (Wildman–Crippen MR) is 151 cm³/mol.